The number of halogens is 1. The molecule has 0 radical (unpaired) electrons. The summed E-state index contributed by atoms with van der Waals surface area (Å²) in [5.74, 6) is 0. The van der Waals surface area contributed by atoms with Crippen LogP contribution in [0.1, 0.15) is 37.1 Å². The number of piperidine rings is 1. The van der Waals surface area contributed by atoms with Gasteiger partial charge in [-0.3, -0.25) is 9.47 Å². The third kappa shape index (κ3) is 4.01. The van der Waals surface area contributed by atoms with Crippen molar-refractivity contribution in [2.75, 3.05) is 13.1 Å². The molecule has 1 saturated heterocycles. The van der Waals surface area contributed by atoms with Gasteiger partial charge >= 0.3 is 5.69 Å². The van der Waals surface area contributed by atoms with Crippen molar-refractivity contribution < 1.29 is 0 Å². The fourth-order valence-electron chi connectivity index (χ4n) is 4.24. The summed E-state index contributed by atoms with van der Waals surface area (Å²) in [6.45, 7) is 5.07. The zero-order chi connectivity index (χ0) is 19.5. The van der Waals surface area contributed by atoms with Crippen LogP contribution < -0.4 is 5.69 Å². The van der Waals surface area contributed by atoms with Gasteiger partial charge in [0, 0.05) is 41.4 Å². The molecule has 0 saturated carbocycles. The molecule has 0 amide bonds. The van der Waals surface area contributed by atoms with E-state index >= 15 is 0 Å². The summed E-state index contributed by atoms with van der Waals surface area (Å²) in [5.41, 5.74) is 4.58. The van der Waals surface area contributed by atoms with Crippen LogP contribution in [0.15, 0.2) is 63.9 Å². The predicted molar refractivity (Wildman–Crippen MR) is 118 cm³/mol. The lowest BCUT2D eigenvalue weighted by Crippen LogP contribution is -2.36. The van der Waals surface area contributed by atoms with E-state index in [-0.39, 0.29) is 11.7 Å². The number of nitrogens with one attached hydrogen (secondary N) is 1. The standard InChI is InChI=1S/C23H26BrN3O/c1-2-21-22(18-8-4-3-5-9-18)27(23(28)25-21)20-11-13-26(14-12-20)16-17-7-6-10-19(24)15-17/h3-10,15,20H,2,11-14,16H2,1H3,(H,25,28). The van der Waals surface area contributed by atoms with E-state index < -0.39 is 0 Å². The smallest absolute Gasteiger partial charge is 0.309 e. The number of hydrogen-bond donors (Lipinski definition) is 1. The second kappa shape index (κ2) is 8.50. The average molecular weight is 440 g/mol. The highest BCUT2D eigenvalue weighted by Crippen LogP contribution is 2.30. The Morgan fingerprint density at radius 3 is 2.50 bits per heavy atom. The average Bonchev–Trinajstić information content (AvgIpc) is 3.05. The molecule has 1 fully saturated rings. The van der Waals surface area contributed by atoms with E-state index in [1.165, 1.54) is 5.56 Å². The molecule has 1 aliphatic heterocycles. The quantitative estimate of drug-likeness (QED) is 0.606. The van der Waals surface area contributed by atoms with E-state index in [9.17, 15) is 4.79 Å². The molecule has 0 unspecified atom stereocenters. The molecule has 4 nitrogen and oxygen atoms in total. The van der Waals surface area contributed by atoms with Gasteiger partial charge in [0.1, 0.15) is 0 Å². The first-order chi connectivity index (χ1) is 13.7. The SMILES string of the molecule is CCc1[nH]c(=O)n(C2CCN(Cc3cccc(Br)c3)CC2)c1-c1ccccc1. The number of nitrogens with zero attached hydrogens (tertiary/aromatic N) is 2. The van der Waals surface area contributed by atoms with E-state index in [4.69, 9.17) is 0 Å². The van der Waals surface area contributed by atoms with Crippen LogP contribution in [0.2, 0.25) is 0 Å². The zero-order valence-electron chi connectivity index (χ0n) is 16.2. The fraction of sp³-hybridized carbons (Fsp3) is 0.348. The number of imidazole rings is 1. The Balaban J connectivity index is 1.53. The van der Waals surface area contributed by atoms with Crippen molar-refractivity contribution in [3.05, 3.63) is 80.8 Å². The molecule has 0 atom stereocenters. The molecule has 0 bridgehead atoms. The van der Waals surface area contributed by atoms with Crippen LogP contribution >= 0.6 is 15.9 Å². The first kappa shape index (κ1) is 19.2. The Bertz CT molecular complexity index is 985. The molecule has 5 heteroatoms. The molecular weight excluding hydrogens is 414 g/mol. The monoisotopic (exact) mass is 439 g/mol. The van der Waals surface area contributed by atoms with Gasteiger partial charge in [-0.15, -0.1) is 0 Å². The summed E-state index contributed by atoms with van der Waals surface area (Å²) in [4.78, 5) is 18.4. The second-order valence-electron chi connectivity index (χ2n) is 7.48. The number of aromatic amines is 1. The Labute approximate surface area is 174 Å². The number of H-pyrrole nitrogens is 1. The number of likely N-dealkylation sites (tertiary alicyclic amines) is 1. The van der Waals surface area contributed by atoms with Crippen LogP contribution in [0.25, 0.3) is 11.3 Å². The lowest BCUT2D eigenvalue weighted by atomic mass is 10.0. The van der Waals surface area contributed by atoms with Crippen LogP contribution in [-0.4, -0.2) is 27.5 Å². The number of rotatable bonds is 5. The van der Waals surface area contributed by atoms with Gasteiger partial charge in [0.05, 0.1) is 5.69 Å². The van der Waals surface area contributed by atoms with Crippen LogP contribution in [-0.2, 0) is 13.0 Å². The van der Waals surface area contributed by atoms with Crippen molar-refractivity contribution in [1.82, 2.24) is 14.5 Å². The highest BCUT2D eigenvalue weighted by molar-refractivity contribution is 9.10. The van der Waals surface area contributed by atoms with Crippen molar-refractivity contribution in [2.24, 2.45) is 0 Å². The summed E-state index contributed by atoms with van der Waals surface area (Å²) in [7, 11) is 0. The molecule has 1 aromatic heterocycles. The number of aromatic nitrogens is 2. The molecule has 2 aromatic carbocycles. The number of hydrogen-bond acceptors (Lipinski definition) is 2. The van der Waals surface area contributed by atoms with Crippen LogP contribution in [0.5, 0.6) is 0 Å². The third-order valence-electron chi connectivity index (χ3n) is 5.62. The lowest BCUT2D eigenvalue weighted by molar-refractivity contribution is 0.178. The third-order valence-corrected chi connectivity index (χ3v) is 6.11. The minimum atomic E-state index is 0.0288. The molecule has 1 aliphatic rings. The Kier molecular flexibility index (Phi) is 5.83. The molecular formula is C23H26BrN3O. The van der Waals surface area contributed by atoms with Gasteiger partial charge in [-0.1, -0.05) is 65.3 Å². The molecule has 146 valence electrons. The van der Waals surface area contributed by atoms with Crippen molar-refractivity contribution in [2.45, 2.75) is 38.8 Å². The minimum absolute atomic E-state index is 0.0288. The van der Waals surface area contributed by atoms with Crippen molar-refractivity contribution in [3.63, 3.8) is 0 Å². The molecule has 28 heavy (non-hydrogen) atoms. The van der Waals surface area contributed by atoms with Crippen molar-refractivity contribution >= 4 is 15.9 Å². The summed E-state index contributed by atoms with van der Waals surface area (Å²) in [6, 6.07) is 19.0. The maximum atomic E-state index is 12.8. The Morgan fingerprint density at radius 1 is 1.07 bits per heavy atom. The van der Waals surface area contributed by atoms with E-state index in [2.05, 4.69) is 69.1 Å². The van der Waals surface area contributed by atoms with Crippen molar-refractivity contribution in [1.29, 1.82) is 0 Å². The first-order valence-electron chi connectivity index (χ1n) is 10.0. The van der Waals surface area contributed by atoms with Gasteiger partial charge in [-0.2, -0.15) is 0 Å². The normalized spacial score (nSPS) is 15.8. The maximum Gasteiger partial charge on any atom is 0.326 e. The molecule has 2 heterocycles. The lowest BCUT2D eigenvalue weighted by Gasteiger charge is -2.33. The topological polar surface area (TPSA) is 41.0 Å². The largest absolute Gasteiger partial charge is 0.326 e. The summed E-state index contributed by atoms with van der Waals surface area (Å²) in [5, 5.41) is 0. The first-order valence-corrected chi connectivity index (χ1v) is 10.8. The summed E-state index contributed by atoms with van der Waals surface area (Å²) < 4.78 is 3.14. The maximum absolute atomic E-state index is 12.8. The molecule has 4 rings (SSSR count). The zero-order valence-corrected chi connectivity index (χ0v) is 17.8. The van der Waals surface area contributed by atoms with Gasteiger partial charge in [0.2, 0.25) is 0 Å². The second-order valence-corrected chi connectivity index (χ2v) is 8.40. The molecule has 0 aliphatic carbocycles. The highest BCUT2D eigenvalue weighted by Gasteiger charge is 2.26. The van der Waals surface area contributed by atoms with E-state index in [0.717, 1.165) is 60.3 Å². The number of aryl methyl sites for hydroxylation is 1. The van der Waals surface area contributed by atoms with Gasteiger partial charge in [-0.25, -0.2) is 4.79 Å². The van der Waals surface area contributed by atoms with Crippen LogP contribution in [0.4, 0.5) is 0 Å². The fourth-order valence-corrected chi connectivity index (χ4v) is 4.68. The van der Waals surface area contributed by atoms with Gasteiger partial charge in [0.25, 0.3) is 0 Å². The van der Waals surface area contributed by atoms with Crippen LogP contribution in [0.3, 0.4) is 0 Å². The predicted octanol–water partition coefficient (Wildman–Crippen LogP) is 5.01. The molecule has 0 spiro atoms. The van der Waals surface area contributed by atoms with Gasteiger partial charge in [0.15, 0.2) is 0 Å². The summed E-state index contributed by atoms with van der Waals surface area (Å²) in [6.07, 6.45) is 2.82. The summed E-state index contributed by atoms with van der Waals surface area (Å²) >= 11 is 3.55. The molecule has 3 aromatic rings. The van der Waals surface area contributed by atoms with Crippen molar-refractivity contribution in [3.8, 4) is 11.3 Å². The van der Waals surface area contributed by atoms with Gasteiger partial charge < -0.3 is 4.98 Å². The van der Waals surface area contributed by atoms with E-state index in [1.54, 1.807) is 0 Å². The number of benzene rings is 2. The van der Waals surface area contributed by atoms with E-state index in [0.29, 0.717) is 0 Å². The highest BCUT2D eigenvalue weighted by atomic mass is 79.9. The van der Waals surface area contributed by atoms with E-state index in [1.807, 2.05) is 22.8 Å². The van der Waals surface area contributed by atoms with Gasteiger partial charge in [-0.05, 0) is 37.0 Å². The molecule has 1 N–H and O–H groups in total. The van der Waals surface area contributed by atoms with Crippen LogP contribution in [0, 0.1) is 0 Å². The minimum Gasteiger partial charge on any atom is -0.309 e. The Morgan fingerprint density at radius 2 is 1.82 bits per heavy atom. The Hall–Kier alpha value is -2.11.